The van der Waals surface area contributed by atoms with E-state index >= 15 is 0 Å². The van der Waals surface area contributed by atoms with Crippen molar-refractivity contribution < 1.29 is 19.8 Å². The van der Waals surface area contributed by atoms with E-state index in [9.17, 15) is 10.2 Å². The lowest BCUT2D eigenvalue weighted by molar-refractivity contribution is -0.0496. The van der Waals surface area contributed by atoms with Crippen LogP contribution in [0.5, 0.6) is 0 Å². The normalized spacial score (nSPS) is 46.8. The number of aliphatic hydroxyl groups is 2. The van der Waals surface area contributed by atoms with E-state index in [2.05, 4.69) is 24.8 Å². The molecule has 7 atom stereocenters. The maximum absolute atomic E-state index is 10.8. The molecule has 31 heavy (non-hydrogen) atoms. The molecule has 6 heteroatoms. The van der Waals surface area contributed by atoms with Gasteiger partial charge in [-0.2, -0.15) is 0 Å². The summed E-state index contributed by atoms with van der Waals surface area (Å²) in [6, 6.07) is 0. The Kier molecular flexibility index (Phi) is 5.95. The Morgan fingerprint density at radius 2 is 1.90 bits per heavy atom. The second-order valence-electron chi connectivity index (χ2n) is 11.2. The molecule has 2 N–H and O–H groups in total. The van der Waals surface area contributed by atoms with Crippen molar-refractivity contribution in [1.29, 1.82) is 0 Å². The fourth-order valence-corrected chi connectivity index (χ4v) is 7.58. The molecule has 5 aliphatic rings. The van der Waals surface area contributed by atoms with Crippen molar-refractivity contribution in [2.24, 2.45) is 33.7 Å². The van der Waals surface area contributed by atoms with Crippen LogP contribution < -0.4 is 0 Å². The summed E-state index contributed by atoms with van der Waals surface area (Å²) in [6.07, 6.45) is 8.75. The summed E-state index contributed by atoms with van der Waals surface area (Å²) in [4.78, 5) is 8.27. The lowest BCUT2D eigenvalue weighted by Crippen LogP contribution is -2.54. The van der Waals surface area contributed by atoms with Crippen molar-refractivity contribution in [2.75, 3.05) is 39.5 Å². The van der Waals surface area contributed by atoms with Crippen LogP contribution in [0.4, 0.5) is 0 Å². The molecule has 0 spiro atoms. The van der Waals surface area contributed by atoms with Gasteiger partial charge in [0.25, 0.3) is 0 Å². The van der Waals surface area contributed by atoms with Crippen LogP contribution in [0.3, 0.4) is 0 Å². The Morgan fingerprint density at radius 3 is 2.71 bits per heavy atom. The number of allylic oxidation sites excluding steroid dienone is 1. The van der Waals surface area contributed by atoms with Gasteiger partial charge in [0, 0.05) is 25.6 Å². The van der Waals surface area contributed by atoms with E-state index in [-0.39, 0.29) is 23.0 Å². The average Bonchev–Trinajstić information content (AvgIpc) is 3.07. The van der Waals surface area contributed by atoms with Crippen LogP contribution in [0.1, 0.15) is 58.8 Å². The molecule has 1 heterocycles. The van der Waals surface area contributed by atoms with Gasteiger partial charge in [0.2, 0.25) is 0 Å². The summed E-state index contributed by atoms with van der Waals surface area (Å²) in [5.74, 6) is 1.34. The predicted octanol–water partition coefficient (Wildman–Crippen LogP) is 2.99. The zero-order chi connectivity index (χ0) is 21.6. The van der Waals surface area contributed by atoms with E-state index in [0.717, 1.165) is 83.5 Å². The molecule has 0 amide bonds. The molecular weight excluding hydrogens is 392 g/mol. The minimum Gasteiger partial charge on any atom is -0.394 e. The van der Waals surface area contributed by atoms with Gasteiger partial charge in [0.05, 0.1) is 31.1 Å². The van der Waals surface area contributed by atoms with Gasteiger partial charge in [-0.05, 0) is 73.7 Å². The molecule has 1 aliphatic heterocycles. The standard InChI is InChI=1S/C25H40N2O4/c1-24-7-5-18(28)15-17(24)16-21(26-31-14-11-27-9-12-30-13-10-27)23-19-3-4-22(29)25(19,2)8-6-20(23)24/h16,18-20,22-23,28-29H,3-15H2,1-2H3/b26-21+/t18-,19-,20-,22-,23-,24-,25-/m0/s1. The van der Waals surface area contributed by atoms with Crippen molar-refractivity contribution in [3.05, 3.63) is 11.6 Å². The summed E-state index contributed by atoms with van der Waals surface area (Å²) >= 11 is 0. The van der Waals surface area contributed by atoms with Crippen molar-refractivity contribution in [1.82, 2.24) is 4.90 Å². The highest BCUT2D eigenvalue weighted by atomic mass is 16.6. The molecule has 4 aliphatic carbocycles. The van der Waals surface area contributed by atoms with Crippen molar-refractivity contribution in [3.63, 3.8) is 0 Å². The molecule has 174 valence electrons. The second-order valence-corrected chi connectivity index (χ2v) is 11.2. The number of morpholine rings is 1. The largest absolute Gasteiger partial charge is 0.394 e. The molecule has 0 bridgehead atoms. The summed E-state index contributed by atoms with van der Waals surface area (Å²) in [5, 5.41) is 25.9. The summed E-state index contributed by atoms with van der Waals surface area (Å²) in [7, 11) is 0. The van der Waals surface area contributed by atoms with Gasteiger partial charge in [0.1, 0.15) is 6.61 Å². The van der Waals surface area contributed by atoms with Crippen LogP contribution in [0.25, 0.3) is 0 Å². The number of ether oxygens (including phenoxy) is 1. The second kappa shape index (κ2) is 8.44. The van der Waals surface area contributed by atoms with Gasteiger partial charge in [0.15, 0.2) is 0 Å². The fourth-order valence-electron chi connectivity index (χ4n) is 7.58. The third-order valence-corrected chi connectivity index (χ3v) is 9.66. The van der Waals surface area contributed by atoms with Crippen LogP contribution in [0.2, 0.25) is 0 Å². The molecule has 1 saturated heterocycles. The molecule has 0 radical (unpaired) electrons. The monoisotopic (exact) mass is 432 g/mol. The molecule has 0 aromatic heterocycles. The Balaban J connectivity index is 1.40. The highest BCUT2D eigenvalue weighted by Crippen LogP contribution is 2.64. The van der Waals surface area contributed by atoms with Gasteiger partial charge >= 0.3 is 0 Å². The predicted molar refractivity (Wildman–Crippen MR) is 120 cm³/mol. The van der Waals surface area contributed by atoms with Crippen LogP contribution >= 0.6 is 0 Å². The first-order chi connectivity index (χ1) is 14.9. The average molecular weight is 433 g/mol. The first kappa shape index (κ1) is 21.9. The third kappa shape index (κ3) is 3.77. The number of oxime groups is 1. The number of hydrogen-bond acceptors (Lipinski definition) is 6. The molecule has 6 nitrogen and oxygen atoms in total. The molecule has 0 unspecified atom stereocenters. The smallest absolute Gasteiger partial charge is 0.129 e. The van der Waals surface area contributed by atoms with Gasteiger partial charge in [-0.3, -0.25) is 4.90 Å². The van der Waals surface area contributed by atoms with E-state index in [1.165, 1.54) is 5.57 Å². The molecular formula is C25H40N2O4. The van der Waals surface area contributed by atoms with Crippen LogP contribution in [-0.4, -0.2) is 72.5 Å². The van der Waals surface area contributed by atoms with E-state index in [1.807, 2.05) is 0 Å². The SMILES string of the molecule is C[C@]12CC[C@H]3[C@@H](/C(=N/OCCN4CCOCC4)C=C4C[C@@H](O)CC[C@@]43C)[C@@H]1CC[C@@H]2O. The van der Waals surface area contributed by atoms with E-state index in [0.29, 0.717) is 24.4 Å². The maximum Gasteiger partial charge on any atom is 0.129 e. The van der Waals surface area contributed by atoms with E-state index in [1.54, 1.807) is 0 Å². The zero-order valence-corrected chi connectivity index (χ0v) is 19.3. The van der Waals surface area contributed by atoms with Crippen LogP contribution in [0.15, 0.2) is 16.8 Å². The quantitative estimate of drug-likeness (QED) is 0.528. The lowest BCUT2D eigenvalue weighted by Gasteiger charge is -2.57. The maximum atomic E-state index is 10.8. The van der Waals surface area contributed by atoms with Gasteiger partial charge in [-0.1, -0.05) is 24.6 Å². The number of rotatable bonds is 4. The highest BCUT2D eigenvalue weighted by Gasteiger charge is 2.60. The lowest BCUT2D eigenvalue weighted by atomic mass is 9.47. The summed E-state index contributed by atoms with van der Waals surface area (Å²) in [5.41, 5.74) is 2.57. The Morgan fingerprint density at radius 1 is 1.10 bits per heavy atom. The van der Waals surface area contributed by atoms with Crippen LogP contribution in [0, 0.1) is 28.6 Å². The molecule has 3 saturated carbocycles. The number of fused-ring (bicyclic) bond motifs is 5. The Hall–Kier alpha value is -0.950. The molecule has 4 fully saturated rings. The van der Waals surface area contributed by atoms with E-state index < -0.39 is 0 Å². The van der Waals surface area contributed by atoms with Crippen molar-refractivity contribution in [3.8, 4) is 0 Å². The highest BCUT2D eigenvalue weighted by molar-refractivity contribution is 5.99. The van der Waals surface area contributed by atoms with Crippen LogP contribution in [-0.2, 0) is 9.57 Å². The number of hydrogen-bond donors (Lipinski definition) is 2. The molecule has 5 rings (SSSR count). The summed E-state index contributed by atoms with van der Waals surface area (Å²) in [6.45, 7) is 9.71. The zero-order valence-electron chi connectivity index (χ0n) is 19.3. The van der Waals surface area contributed by atoms with Gasteiger partial charge < -0.3 is 19.8 Å². The molecule has 0 aromatic rings. The number of aliphatic hydroxyl groups excluding tert-OH is 2. The molecule has 0 aromatic carbocycles. The third-order valence-electron chi connectivity index (χ3n) is 9.66. The Bertz CT molecular complexity index is 733. The number of nitrogens with zero attached hydrogens (tertiary/aromatic N) is 2. The topological polar surface area (TPSA) is 74.5 Å². The minimum atomic E-state index is -0.235. The summed E-state index contributed by atoms with van der Waals surface area (Å²) < 4.78 is 5.43. The first-order valence-electron chi connectivity index (χ1n) is 12.5. The van der Waals surface area contributed by atoms with Crippen molar-refractivity contribution in [2.45, 2.75) is 71.0 Å². The first-order valence-corrected chi connectivity index (χ1v) is 12.5. The van der Waals surface area contributed by atoms with E-state index in [4.69, 9.17) is 14.7 Å². The van der Waals surface area contributed by atoms with Gasteiger partial charge in [-0.15, -0.1) is 0 Å². The Labute approximate surface area is 186 Å². The van der Waals surface area contributed by atoms with Crippen molar-refractivity contribution >= 4 is 5.71 Å². The fraction of sp³-hybridized carbons (Fsp3) is 0.880. The minimum absolute atomic E-state index is 0.00831. The van der Waals surface area contributed by atoms with Gasteiger partial charge in [-0.25, -0.2) is 0 Å².